The van der Waals surface area contributed by atoms with E-state index >= 15 is 0 Å². The molecule has 0 radical (unpaired) electrons. The van der Waals surface area contributed by atoms with Gasteiger partial charge in [-0.3, -0.25) is 4.79 Å². The zero-order valence-electron chi connectivity index (χ0n) is 8.41. The standard InChI is InChI=1S/C11H14BrNOS/c12-11-4-3-9(15-11)6-10(14)7-1-2-8(13)5-7/h3-4,7-8H,1-2,5-6,13H2. The Kier molecular flexibility index (Phi) is 3.59. The van der Waals surface area contributed by atoms with E-state index in [1.807, 2.05) is 12.1 Å². The van der Waals surface area contributed by atoms with E-state index in [9.17, 15) is 4.79 Å². The van der Waals surface area contributed by atoms with Gasteiger partial charge >= 0.3 is 0 Å². The number of carbonyl (C=O) groups excluding carboxylic acids is 1. The van der Waals surface area contributed by atoms with E-state index in [-0.39, 0.29) is 12.0 Å². The molecule has 2 N–H and O–H groups in total. The second kappa shape index (κ2) is 4.76. The molecule has 1 aliphatic rings. The summed E-state index contributed by atoms with van der Waals surface area (Å²) in [6.07, 6.45) is 3.44. The largest absolute Gasteiger partial charge is 0.328 e. The highest BCUT2D eigenvalue weighted by molar-refractivity contribution is 9.11. The van der Waals surface area contributed by atoms with E-state index in [4.69, 9.17) is 5.73 Å². The summed E-state index contributed by atoms with van der Waals surface area (Å²) in [7, 11) is 0. The Bertz CT molecular complexity index is 363. The van der Waals surface area contributed by atoms with Gasteiger partial charge in [-0.25, -0.2) is 0 Å². The van der Waals surface area contributed by atoms with Gasteiger partial charge in [0.05, 0.1) is 3.79 Å². The highest BCUT2D eigenvalue weighted by atomic mass is 79.9. The van der Waals surface area contributed by atoms with Gasteiger partial charge in [-0.05, 0) is 47.3 Å². The van der Waals surface area contributed by atoms with E-state index < -0.39 is 0 Å². The van der Waals surface area contributed by atoms with Crippen LogP contribution in [0.3, 0.4) is 0 Å². The topological polar surface area (TPSA) is 43.1 Å². The maximum absolute atomic E-state index is 11.9. The predicted octanol–water partition coefficient (Wildman–Crippen LogP) is 2.75. The fourth-order valence-electron chi connectivity index (χ4n) is 2.07. The van der Waals surface area contributed by atoms with Crippen LogP contribution < -0.4 is 5.73 Å². The number of ketones is 1. The molecular weight excluding hydrogens is 274 g/mol. The Balaban J connectivity index is 1.92. The van der Waals surface area contributed by atoms with E-state index in [0.29, 0.717) is 12.2 Å². The summed E-state index contributed by atoms with van der Waals surface area (Å²) in [6.45, 7) is 0. The van der Waals surface area contributed by atoms with E-state index in [0.717, 1.165) is 27.9 Å². The molecule has 0 spiro atoms. The maximum Gasteiger partial charge on any atom is 0.141 e. The molecule has 2 nitrogen and oxygen atoms in total. The summed E-state index contributed by atoms with van der Waals surface area (Å²) in [4.78, 5) is 13.1. The quantitative estimate of drug-likeness (QED) is 0.929. The smallest absolute Gasteiger partial charge is 0.141 e. The van der Waals surface area contributed by atoms with Crippen molar-refractivity contribution >= 4 is 33.0 Å². The molecule has 82 valence electrons. The first-order valence-electron chi connectivity index (χ1n) is 5.17. The average molecular weight is 288 g/mol. The van der Waals surface area contributed by atoms with Crippen LogP contribution in [-0.2, 0) is 11.2 Å². The SMILES string of the molecule is NC1CCC(C(=O)Cc2ccc(Br)s2)C1. The van der Waals surface area contributed by atoms with Gasteiger partial charge < -0.3 is 5.73 Å². The van der Waals surface area contributed by atoms with Crippen LogP contribution in [0.1, 0.15) is 24.1 Å². The van der Waals surface area contributed by atoms with Crippen LogP contribution in [0.25, 0.3) is 0 Å². The van der Waals surface area contributed by atoms with Gasteiger partial charge in [0.1, 0.15) is 5.78 Å². The molecule has 2 atom stereocenters. The first-order valence-corrected chi connectivity index (χ1v) is 6.78. The van der Waals surface area contributed by atoms with Crippen LogP contribution in [0, 0.1) is 5.92 Å². The molecule has 15 heavy (non-hydrogen) atoms. The van der Waals surface area contributed by atoms with Crippen molar-refractivity contribution in [2.75, 3.05) is 0 Å². The third kappa shape index (κ3) is 2.89. The van der Waals surface area contributed by atoms with Crippen LogP contribution in [0.15, 0.2) is 15.9 Å². The Morgan fingerprint density at radius 1 is 1.53 bits per heavy atom. The lowest BCUT2D eigenvalue weighted by Gasteiger charge is -2.06. The van der Waals surface area contributed by atoms with Crippen molar-refractivity contribution in [3.05, 3.63) is 20.8 Å². The van der Waals surface area contributed by atoms with Gasteiger partial charge in [-0.15, -0.1) is 11.3 Å². The molecule has 1 fully saturated rings. The lowest BCUT2D eigenvalue weighted by atomic mass is 9.99. The molecule has 1 aromatic heterocycles. The number of hydrogen-bond donors (Lipinski definition) is 1. The van der Waals surface area contributed by atoms with Crippen molar-refractivity contribution < 1.29 is 4.79 Å². The minimum atomic E-state index is 0.209. The molecule has 2 unspecified atom stereocenters. The van der Waals surface area contributed by atoms with Crippen molar-refractivity contribution in [1.82, 2.24) is 0 Å². The Morgan fingerprint density at radius 3 is 2.87 bits per heavy atom. The number of thiophene rings is 1. The lowest BCUT2D eigenvalue weighted by Crippen LogP contribution is -2.18. The van der Waals surface area contributed by atoms with Gasteiger partial charge in [0, 0.05) is 23.3 Å². The number of carbonyl (C=O) groups is 1. The minimum Gasteiger partial charge on any atom is -0.328 e. The van der Waals surface area contributed by atoms with Crippen LogP contribution in [-0.4, -0.2) is 11.8 Å². The molecule has 4 heteroatoms. The first kappa shape index (κ1) is 11.3. The fourth-order valence-corrected chi connectivity index (χ4v) is 3.56. The minimum absolute atomic E-state index is 0.209. The summed E-state index contributed by atoms with van der Waals surface area (Å²) < 4.78 is 1.09. The third-order valence-corrected chi connectivity index (χ3v) is 4.53. The van der Waals surface area contributed by atoms with Gasteiger partial charge in [-0.1, -0.05) is 0 Å². The summed E-state index contributed by atoms with van der Waals surface area (Å²) in [5, 5.41) is 0. The Morgan fingerprint density at radius 2 is 2.33 bits per heavy atom. The van der Waals surface area contributed by atoms with Crippen molar-refractivity contribution in [3.63, 3.8) is 0 Å². The van der Waals surface area contributed by atoms with Crippen LogP contribution >= 0.6 is 27.3 Å². The third-order valence-electron chi connectivity index (χ3n) is 2.91. The Labute approximate surface area is 102 Å². The van der Waals surface area contributed by atoms with Crippen LogP contribution in [0.5, 0.6) is 0 Å². The number of hydrogen-bond acceptors (Lipinski definition) is 3. The summed E-state index contributed by atoms with van der Waals surface area (Å²) >= 11 is 5.04. The zero-order valence-corrected chi connectivity index (χ0v) is 10.8. The van der Waals surface area contributed by atoms with Crippen molar-refractivity contribution in [3.8, 4) is 0 Å². The molecule has 1 aliphatic carbocycles. The molecule has 0 saturated heterocycles. The number of Topliss-reactive ketones (excluding diaryl/α,β-unsaturated/α-hetero) is 1. The van der Waals surface area contributed by atoms with Crippen molar-refractivity contribution in [2.24, 2.45) is 11.7 Å². The van der Waals surface area contributed by atoms with Gasteiger partial charge in [0.2, 0.25) is 0 Å². The molecule has 1 aromatic rings. The van der Waals surface area contributed by atoms with Crippen LogP contribution in [0.2, 0.25) is 0 Å². The highest BCUT2D eigenvalue weighted by Gasteiger charge is 2.27. The number of nitrogens with two attached hydrogens (primary N) is 1. The summed E-state index contributed by atoms with van der Waals surface area (Å²) in [5.41, 5.74) is 5.80. The molecule has 0 aliphatic heterocycles. The van der Waals surface area contributed by atoms with Crippen molar-refractivity contribution in [2.45, 2.75) is 31.7 Å². The molecule has 1 heterocycles. The van der Waals surface area contributed by atoms with Gasteiger partial charge in [-0.2, -0.15) is 0 Å². The second-order valence-electron chi connectivity index (χ2n) is 4.12. The monoisotopic (exact) mass is 287 g/mol. The van der Waals surface area contributed by atoms with Crippen LogP contribution in [0.4, 0.5) is 0 Å². The summed E-state index contributed by atoms with van der Waals surface area (Å²) in [6, 6.07) is 4.25. The molecular formula is C11H14BrNOS. The zero-order chi connectivity index (χ0) is 10.8. The fraction of sp³-hybridized carbons (Fsp3) is 0.545. The normalized spacial score (nSPS) is 25.7. The maximum atomic E-state index is 11.9. The second-order valence-corrected chi connectivity index (χ2v) is 6.67. The highest BCUT2D eigenvalue weighted by Crippen LogP contribution is 2.28. The number of rotatable bonds is 3. The lowest BCUT2D eigenvalue weighted by molar-refractivity contribution is -0.122. The van der Waals surface area contributed by atoms with E-state index in [1.54, 1.807) is 11.3 Å². The molecule has 0 aromatic carbocycles. The first-order chi connectivity index (χ1) is 7.15. The van der Waals surface area contributed by atoms with Gasteiger partial charge in [0.15, 0.2) is 0 Å². The van der Waals surface area contributed by atoms with E-state index in [2.05, 4.69) is 15.9 Å². The predicted molar refractivity (Wildman–Crippen MR) is 66.0 cm³/mol. The average Bonchev–Trinajstić information content (AvgIpc) is 2.75. The molecule has 0 bridgehead atoms. The summed E-state index contributed by atoms with van der Waals surface area (Å²) in [5.74, 6) is 0.568. The molecule has 0 amide bonds. The van der Waals surface area contributed by atoms with Crippen molar-refractivity contribution in [1.29, 1.82) is 0 Å². The Hall–Kier alpha value is -0.190. The van der Waals surface area contributed by atoms with E-state index in [1.165, 1.54) is 0 Å². The molecule has 1 saturated carbocycles. The number of halogens is 1. The molecule has 2 rings (SSSR count). The van der Waals surface area contributed by atoms with Gasteiger partial charge in [0.25, 0.3) is 0 Å².